The Morgan fingerprint density at radius 3 is 2.63 bits per heavy atom. The number of nitrogens with one attached hydrogen (secondary N) is 1. The van der Waals surface area contributed by atoms with Gasteiger partial charge in [0, 0.05) is 7.05 Å². The summed E-state index contributed by atoms with van der Waals surface area (Å²) in [5.74, 6) is -0.134. The second-order valence-electron chi connectivity index (χ2n) is 6.42. The standard InChI is InChI=1S/C20H17N3O2S2/c1-22-12-18(24)23(11-13-5-3-2-4-6-13)16-9-14(7-8-15(16)22)10-17-19(25)21-20(26)27-17/h2-10H,11-12H2,1H3,(H,21,25,26). The number of rotatable bonds is 3. The van der Waals surface area contributed by atoms with Crippen LogP contribution in [-0.2, 0) is 16.1 Å². The van der Waals surface area contributed by atoms with Gasteiger partial charge in [0.05, 0.1) is 29.4 Å². The van der Waals surface area contributed by atoms with Crippen LogP contribution in [0.5, 0.6) is 0 Å². The molecule has 27 heavy (non-hydrogen) atoms. The van der Waals surface area contributed by atoms with E-state index in [1.54, 1.807) is 11.0 Å². The van der Waals surface area contributed by atoms with Crippen molar-refractivity contribution in [3.63, 3.8) is 0 Å². The van der Waals surface area contributed by atoms with Gasteiger partial charge < -0.3 is 15.1 Å². The molecule has 0 aliphatic carbocycles. The highest BCUT2D eigenvalue weighted by Gasteiger charge is 2.28. The van der Waals surface area contributed by atoms with Crippen molar-refractivity contribution < 1.29 is 9.59 Å². The van der Waals surface area contributed by atoms with Gasteiger partial charge in [-0.05, 0) is 29.3 Å². The minimum Gasteiger partial charge on any atom is -0.364 e. The molecule has 2 amide bonds. The number of benzene rings is 2. The van der Waals surface area contributed by atoms with Crippen LogP contribution in [0.2, 0.25) is 0 Å². The van der Waals surface area contributed by atoms with E-state index in [2.05, 4.69) is 5.32 Å². The molecular formula is C20H17N3O2S2. The molecule has 0 atom stereocenters. The second-order valence-corrected chi connectivity index (χ2v) is 8.14. The monoisotopic (exact) mass is 395 g/mol. The molecule has 0 bridgehead atoms. The Hall–Kier alpha value is -2.64. The van der Waals surface area contributed by atoms with Crippen LogP contribution in [0.25, 0.3) is 6.08 Å². The van der Waals surface area contributed by atoms with Gasteiger partial charge in [0.15, 0.2) is 0 Å². The van der Waals surface area contributed by atoms with E-state index in [9.17, 15) is 9.59 Å². The number of fused-ring (bicyclic) bond motifs is 1. The van der Waals surface area contributed by atoms with Crippen LogP contribution in [-0.4, -0.2) is 29.7 Å². The van der Waals surface area contributed by atoms with E-state index >= 15 is 0 Å². The minimum atomic E-state index is -0.183. The summed E-state index contributed by atoms with van der Waals surface area (Å²) in [6, 6.07) is 15.8. The van der Waals surface area contributed by atoms with Gasteiger partial charge in [-0.1, -0.05) is 60.4 Å². The van der Waals surface area contributed by atoms with Crippen LogP contribution >= 0.6 is 24.0 Å². The predicted octanol–water partition coefficient (Wildman–Crippen LogP) is 3.16. The molecule has 0 saturated carbocycles. The molecule has 2 aromatic carbocycles. The SMILES string of the molecule is CN1CC(=O)N(Cc2ccccc2)c2cc(C=C3SC(=S)NC3=O)ccc21. The average molecular weight is 396 g/mol. The maximum atomic E-state index is 12.7. The fraction of sp³-hybridized carbons (Fsp3) is 0.150. The van der Waals surface area contributed by atoms with Gasteiger partial charge in [0.25, 0.3) is 5.91 Å². The third-order valence-electron chi connectivity index (χ3n) is 4.50. The molecule has 0 radical (unpaired) electrons. The van der Waals surface area contributed by atoms with Crippen molar-refractivity contribution in [3.05, 3.63) is 64.6 Å². The van der Waals surface area contributed by atoms with E-state index in [1.165, 1.54) is 11.8 Å². The number of nitrogens with zero attached hydrogens (tertiary/aromatic N) is 2. The topological polar surface area (TPSA) is 52.7 Å². The highest BCUT2D eigenvalue weighted by Crippen LogP contribution is 2.36. The zero-order valence-corrected chi connectivity index (χ0v) is 16.3. The van der Waals surface area contributed by atoms with Crippen molar-refractivity contribution in [2.75, 3.05) is 23.4 Å². The van der Waals surface area contributed by atoms with Crippen molar-refractivity contribution in [3.8, 4) is 0 Å². The van der Waals surface area contributed by atoms with E-state index in [0.717, 1.165) is 22.5 Å². The molecular weight excluding hydrogens is 378 g/mol. The summed E-state index contributed by atoms with van der Waals surface area (Å²) < 4.78 is 0.463. The normalized spacial score (nSPS) is 18.1. The van der Waals surface area contributed by atoms with Gasteiger partial charge in [-0.2, -0.15) is 0 Å². The smallest absolute Gasteiger partial charge is 0.263 e. The van der Waals surface area contributed by atoms with E-state index < -0.39 is 0 Å². The van der Waals surface area contributed by atoms with Crippen molar-refractivity contribution in [2.45, 2.75) is 6.54 Å². The Labute approximate surface area is 167 Å². The summed E-state index contributed by atoms with van der Waals surface area (Å²) in [4.78, 5) is 28.9. The molecule has 4 rings (SSSR count). The van der Waals surface area contributed by atoms with Gasteiger partial charge in [-0.3, -0.25) is 9.59 Å². The molecule has 136 valence electrons. The van der Waals surface area contributed by atoms with Crippen molar-refractivity contribution >= 4 is 57.6 Å². The van der Waals surface area contributed by atoms with E-state index in [1.807, 2.05) is 60.5 Å². The number of hydrogen-bond donors (Lipinski definition) is 1. The van der Waals surface area contributed by atoms with Crippen molar-refractivity contribution in [2.24, 2.45) is 0 Å². The molecule has 1 saturated heterocycles. The third kappa shape index (κ3) is 3.61. The fourth-order valence-electron chi connectivity index (χ4n) is 3.19. The summed E-state index contributed by atoms with van der Waals surface area (Å²) in [7, 11) is 1.91. The average Bonchev–Trinajstić information content (AvgIpc) is 2.96. The molecule has 0 spiro atoms. The van der Waals surface area contributed by atoms with E-state index in [-0.39, 0.29) is 11.8 Å². The van der Waals surface area contributed by atoms with Crippen LogP contribution in [0, 0.1) is 0 Å². The second kappa shape index (κ2) is 7.17. The van der Waals surface area contributed by atoms with Crippen LogP contribution in [0.4, 0.5) is 11.4 Å². The molecule has 5 nitrogen and oxygen atoms in total. The van der Waals surface area contributed by atoms with Gasteiger partial charge in [0.2, 0.25) is 5.91 Å². The third-order valence-corrected chi connectivity index (χ3v) is 5.66. The first kappa shape index (κ1) is 17.8. The summed E-state index contributed by atoms with van der Waals surface area (Å²) in [6.45, 7) is 0.854. The Bertz CT molecular complexity index is 972. The Balaban J connectivity index is 1.72. The lowest BCUT2D eigenvalue weighted by Crippen LogP contribution is -2.43. The van der Waals surface area contributed by atoms with Crippen molar-refractivity contribution in [1.29, 1.82) is 0 Å². The van der Waals surface area contributed by atoms with Crippen LogP contribution in [0.3, 0.4) is 0 Å². The summed E-state index contributed by atoms with van der Waals surface area (Å²) in [5, 5.41) is 2.62. The van der Waals surface area contributed by atoms with Gasteiger partial charge in [-0.15, -0.1) is 0 Å². The van der Waals surface area contributed by atoms with Crippen LogP contribution < -0.4 is 15.1 Å². The molecule has 0 aromatic heterocycles. The Kier molecular flexibility index (Phi) is 4.72. The molecule has 2 aliphatic heterocycles. The molecule has 2 aliphatic rings. The van der Waals surface area contributed by atoms with E-state index in [4.69, 9.17) is 12.2 Å². The van der Waals surface area contributed by atoms with Crippen LogP contribution in [0.1, 0.15) is 11.1 Å². The minimum absolute atomic E-state index is 0.0489. The molecule has 0 unspecified atom stereocenters. The number of thioether (sulfide) groups is 1. The number of likely N-dealkylation sites (N-methyl/N-ethyl adjacent to an activating group) is 1. The van der Waals surface area contributed by atoms with Crippen LogP contribution in [0.15, 0.2) is 53.4 Å². The summed E-state index contributed by atoms with van der Waals surface area (Å²) >= 11 is 6.29. The van der Waals surface area contributed by atoms with E-state index in [0.29, 0.717) is 22.3 Å². The largest absolute Gasteiger partial charge is 0.364 e. The first-order valence-electron chi connectivity index (χ1n) is 8.45. The number of anilines is 2. The maximum Gasteiger partial charge on any atom is 0.263 e. The van der Waals surface area contributed by atoms with Gasteiger partial charge in [0.1, 0.15) is 4.32 Å². The molecule has 1 N–H and O–H groups in total. The maximum absolute atomic E-state index is 12.7. The lowest BCUT2D eigenvalue weighted by molar-refractivity contribution is -0.117. The lowest BCUT2D eigenvalue weighted by Gasteiger charge is -2.35. The summed E-state index contributed by atoms with van der Waals surface area (Å²) in [6.07, 6.45) is 1.80. The molecule has 1 fully saturated rings. The summed E-state index contributed by atoms with van der Waals surface area (Å²) in [5.41, 5.74) is 3.77. The lowest BCUT2D eigenvalue weighted by atomic mass is 10.1. The number of thiocarbonyl (C=S) groups is 1. The zero-order chi connectivity index (χ0) is 19.0. The molecule has 2 aromatic rings. The first-order valence-corrected chi connectivity index (χ1v) is 9.68. The molecule has 2 heterocycles. The zero-order valence-electron chi connectivity index (χ0n) is 14.6. The quantitative estimate of drug-likeness (QED) is 0.639. The fourth-order valence-corrected chi connectivity index (χ4v) is 4.23. The highest BCUT2D eigenvalue weighted by atomic mass is 32.2. The number of carbonyl (C=O) groups is 2. The Morgan fingerprint density at radius 2 is 1.93 bits per heavy atom. The first-order chi connectivity index (χ1) is 13.0. The number of amides is 2. The van der Waals surface area contributed by atoms with Gasteiger partial charge in [-0.25, -0.2) is 0 Å². The van der Waals surface area contributed by atoms with Crippen molar-refractivity contribution in [1.82, 2.24) is 5.32 Å². The van der Waals surface area contributed by atoms with Gasteiger partial charge >= 0.3 is 0 Å². The number of hydrogen-bond acceptors (Lipinski definition) is 5. The molecule has 7 heteroatoms. The highest BCUT2D eigenvalue weighted by molar-refractivity contribution is 8.26. The predicted molar refractivity (Wildman–Crippen MR) is 114 cm³/mol. The number of carbonyl (C=O) groups excluding carboxylic acids is 2. The Morgan fingerprint density at radius 1 is 1.15 bits per heavy atom.